The van der Waals surface area contributed by atoms with Crippen LogP contribution in [0.4, 0.5) is 0 Å². The van der Waals surface area contributed by atoms with Gasteiger partial charge in [-0.3, -0.25) is 4.79 Å². The van der Waals surface area contributed by atoms with Gasteiger partial charge in [0.05, 0.1) is 13.2 Å². The monoisotopic (exact) mass is 297 g/mol. The highest BCUT2D eigenvalue weighted by Crippen LogP contribution is 2.55. The fourth-order valence-electron chi connectivity index (χ4n) is 3.28. The van der Waals surface area contributed by atoms with Crippen molar-refractivity contribution in [3.8, 4) is 0 Å². The van der Waals surface area contributed by atoms with Crippen LogP contribution in [0.5, 0.6) is 0 Å². The van der Waals surface area contributed by atoms with Crippen LogP contribution in [0.2, 0.25) is 0 Å². The number of fused-ring (bicyclic) bond motifs is 1. The van der Waals surface area contributed by atoms with Crippen molar-refractivity contribution < 1.29 is 23.9 Å². The summed E-state index contributed by atoms with van der Waals surface area (Å²) in [6, 6.07) is -1.35. The van der Waals surface area contributed by atoms with Gasteiger partial charge >= 0.3 is 11.9 Å². The standard InChI is InChI=1S/C15H23NO5/c1-3-20-14(18)12(15(19)21-4-2)16-13(17)11-9-7-5-6-8-10(9)11/h9-12H,3-8H2,1-2H3,(H,16,17). The molecule has 0 saturated heterocycles. The highest BCUT2D eigenvalue weighted by Gasteiger charge is 2.55. The number of carbonyl (C=O) groups is 3. The van der Waals surface area contributed by atoms with Gasteiger partial charge in [-0.25, -0.2) is 9.59 Å². The third-order valence-electron chi connectivity index (χ3n) is 4.29. The van der Waals surface area contributed by atoms with Gasteiger partial charge in [0.1, 0.15) is 0 Å². The number of hydrogen-bond donors (Lipinski definition) is 1. The van der Waals surface area contributed by atoms with E-state index >= 15 is 0 Å². The van der Waals surface area contributed by atoms with Crippen molar-refractivity contribution in [2.75, 3.05) is 13.2 Å². The van der Waals surface area contributed by atoms with E-state index in [4.69, 9.17) is 9.47 Å². The number of rotatable bonds is 6. The van der Waals surface area contributed by atoms with Crippen LogP contribution in [0.3, 0.4) is 0 Å². The van der Waals surface area contributed by atoms with Crippen LogP contribution in [0.25, 0.3) is 0 Å². The molecule has 6 nitrogen and oxygen atoms in total. The van der Waals surface area contributed by atoms with Gasteiger partial charge in [-0.2, -0.15) is 0 Å². The zero-order valence-electron chi connectivity index (χ0n) is 12.6. The zero-order valence-corrected chi connectivity index (χ0v) is 12.6. The lowest BCUT2D eigenvalue weighted by Crippen LogP contribution is -2.49. The maximum absolute atomic E-state index is 12.3. The Labute approximate surface area is 124 Å². The summed E-state index contributed by atoms with van der Waals surface area (Å²) in [5.41, 5.74) is 0. The smallest absolute Gasteiger partial charge is 0.340 e. The van der Waals surface area contributed by atoms with Crippen molar-refractivity contribution in [3.63, 3.8) is 0 Å². The molecule has 2 aliphatic rings. The first-order valence-corrected chi connectivity index (χ1v) is 7.73. The van der Waals surface area contributed by atoms with E-state index in [0.717, 1.165) is 25.7 Å². The van der Waals surface area contributed by atoms with Gasteiger partial charge < -0.3 is 14.8 Å². The van der Waals surface area contributed by atoms with Crippen LogP contribution >= 0.6 is 0 Å². The van der Waals surface area contributed by atoms with E-state index in [1.807, 2.05) is 0 Å². The first kappa shape index (κ1) is 15.8. The molecule has 2 rings (SSSR count). The summed E-state index contributed by atoms with van der Waals surface area (Å²) >= 11 is 0. The van der Waals surface area contributed by atoms with Crippen LogP contribution in [0.1, 0.15) is 39.5 Å². The van der Waals surface area contributed by atoms with Crippen LogP contribution in [0.15, 0.2) is 0 Å². The second-order valence-corrected chi connectivity index (χ2v) is 5.58. The average Bonchev–Trinajstić information content (AvgIpc) is 3.19. The molecule has 0 aliphatic heterocycles. The van der Waals surface area contributed by atoms with Gasteiger partial charge in [0.2, 0.25) is 11.9 Å². The second kappa shape index (κ2) is 6.91. The van der Waals surface area contributed by atoms with Gasteiger partial charge in [0.25, 0.3) is 0 Å². The maximum atomic E-state index is 12.3. The third kappa shape index (κ3) is 3.54. The molecule has 0 heterocycles. The van der Waals surface area contributed by atoms with Crippen molar-refractivity contribution in [2.24, 2.45) is 17.8 Å². The summed E-state index contributed by atoms with van der Waals surface area (Å²) in [7, 11) is 0. The Morgan fingerprint density at radius 3 is 1.90 bits per heavy atom. The van der Waals surface area contributed by atoms with E-state index < -0.39 is 18.0 Å². The SMILES string of the molecule is CCOC(=O)C(NC(=O)C1C2CCCCC21)C(=O)OCC. The van der Waals surface area contributed by atoms with E-state index in [9.17, 15) is 14.4 Å². The predicted molar refractivity (Wildman–Crippen MR) is 74.1 cm³/mol. The van der Waals surface area contributed by atoms with Crippen molar-refractivity contribution in [3.05, 3.63) is 0 Å². The van der Waals surface area contributed by atoms with E-state index in [1.165, 1.54) is 0 Å². The second-order valence-electron chi connectivity index (χ2n) is 5.58. The summed E-state index contributed by atoms with van der Waals surface area (Å²) < 4.78 is 9.67. The highest BCUT2D eigenvalue weighted by molar-refractivity contribution is 6.03. The van der Waals surface area contributed by atoms with Gasteiger partial charge in [-0.15, -0.1) is 0 Å². The largest absolute Gasteiger partial charge is 0.464 e. The van der Waals surface area contributed by atoms with Crippen LogP contribution in [-0.4, -0.2) is 37.1 Å². The number of ether oxygens (including phenoxy) is 2. The summed E-state index contributed by atoms with van der Waals surface area (Å²) in [4.78, 5) is 35.9. The molecule has 2 fully saturated rings. The van der Waals surface area contributed by atoms with Gasteiger partial charge in [0, 0.05) is 5.92 Å². The zero-order chi connectivity index (χ0) is 15.4. The molecule has 0 bridgehead atoms. The molecule has 0 aromatic rings. The molecule has 6 heteroatoms. The molecule has 118 valence electrons. The Bertz CT molecular complexity index is 392. The topological polar surface area (TPSA) is 81.7 Å². The Balaban J connectivity index is 1.96. The molecule has 0 spiro atoms. The minimum Gasteiger partial charge on any atom is -0.464 e. The Kier molecular flexibility index (Phi) is 5.20. The minimum absolute atomic E-state index is 0.0566. The Morgan fingerprint density at radius 2 is 1.48 bits per heavy atom. The molecule has 2 aliphatic carbocycles. The molecule has 0 aromatic carbocycles. The fourth-order valence-corrected chi connectivity index (χ4v) is 3.28. The van der Waals surface area contributed by atoms with E-state index in [1.54, 1.807) is 13.8 Å². The summed E-state index contributed by atoms with van der Waals surface area (Å²) in [6.07, 6.45) is 4.44. The number of amides is 1. The first-order valence-electron chi connectivity index (χ1n) is 7.73. The maximum Gasteiger partial charge on any atom is 0.340 e. The van der Waals surface area contributed by atoms with Gasteiger partial charge in [-0.05, 0) is 38.5 Å². The molecule has 2 atom stereocenters. The Morgan fingerprint density at radius 1 is 1.00 bits per heavy atom. The molecule has 1 amide bonds. The van der Waals surface area contributed by atoms with Crippen LogP contribution in [-0.2, 0) is 23.9 Å². The number of carbonyl (C=O) groups excluding carboxylic acids is 3. The average molecular weight is 297 g/mol. The lowest BCUT2D eigenvalue weighted by molar-refractivity contribution is -0.159. The van der Waals surface area contributed by atoms with Crippen LogP contribution in [0, 0.1) is 17.8 Å². The van der Waals surface area contributed by atoms with E-state index in [0.29, 0.717) is 11.8 Å². The van der Waals surface area contributed by atoms with Gasteiger partial charge in [0.15, 0.2) is 0 Å². The van der Waals surface area contributed by atoms with Crippen molar-refractivity contribution >= 4 is 17.8 Å². The van der Waals surface area contributed by atoms with Crippen molar-refractivity contribution in [1.29, 1.82) is 0 Å². The first-order chi connectivity index (χ1) is 10.1. The van der Waals surface area contributed by atoms with Crippen molar-refractivity contribution in [1.82, 2.24) is 5.32 Å². The number of esters is 2. The fraction of sp³-hybridized carbons (Fsp3) is 0.800. The molecule has 2 unspecified atom stereocenters. The molecule has 0 radical (unpaired) electrons. The lowest BCUT2D eigenvalue weighted by Gasteiger charge is -2.15. The van der Waals surface area contributed by atoms with Gasteiger partial charge in [-0.1, -0.05) is 12.8 Å². The summed E-state index contributed by atoms with van der Waals surface area (Å²) in [5.74, 6) is -0.953. The molecule has 0 aromatic heterocycles. The molecule has 2 saturated carbocycles. The molecule has 1 N–H and O–H groups in total. The number of hydrogen-bond acceptors (Lipinski definition) is 5. The quantitative estimate of drug-likeness (QED) is 0.585. The third-order valence-corrected chi connectivity index (χ3v) is 4.29. The highest BCUT2D eigenvalue weighted by atomic mass is 16.6. The molecule has 21 heavy (non-hydrogen) atoms. The molecular formula is C15H23NO5. The normalized spacial score (nSPS) is 26.7. The van der Waals surface area contributed by atoms with E-state index in [2.05, 4.69) is 5.32 Å². The minimum atomic E-state index is -1.35. The lowest BCUT2D eigenvalue weighted by atomic mass is 10.0. The summed E-state index contributed by atoms with van der Waals surface area (Å²) in [6.45, 7) is 3.60. The summed E-state index contributed by atoms with van der Waals surface area (Å²) in [5, 5.41) is 2.52. The predicted octanol–water partition coefficient (Wildman–Crippen LogP) is 1.03. The number of nitrogens with one attached hydrogen (secondary N) is 1. The van der Waals surface area contributed by atoms with Crippen molar-refractivity contribution in [2.45, 2.75) is 45.6 Å². The van der Waals surface area contributed by atoms with Crippen LogP contribution < -0.4 is 5.32 Å². The Hall–Kier alpha value is -1.59. The van der Waals surface area contributed by atoms with E-state index in [-0.39, 0.29) is 25.0 Å². The molecular weight excluding hydrogens is 274 g/mol.